The van der Waals surface area contributed by atoms with E-state index in [4.69, 9.17) is 5.10 Å². The smallest absolute Gasteiger partial charge is 0.248 e. The quantitative estimate of drug-likeness (QED) is 0.537. The second-order valence-corrected chi connectivity index (χ2v) is 11.7. The van der Waals surface area contributed by atoms with E-state index in [-0.39, 0.29) is 17.7 Å². The minimum absolute atomic E-state index is 0.0791. The van der Waals surface area contributed by atoms with Gasteiger partial charge >= 0.3 is 0 Å². The summed E-state index contributed by atoms with van der Waals surface area (Å²) in [5.41, 5.74) is 2.39. The lowest BCUT2D eigenvalue weighted by Gasteiger charge is -2.52. The first-order valence-electron chi connectivity index (χ1n) is 14.8. The van der Waals surface area contributed by atoms with E-state index in [1.54, 1.807) is 6.20 Å². The average molecular weight is 537 g/mol. The number of aliphatic hydroxyl groups is 1. The van der Waals surface area contributed by atoms with Crippen molar-refractivity contribution in [2.45, 2.75) is 103 Å². The zero-order valence-corrected chi connectivity index (χ0v) is 23.7. The van der Waals surface area contributed by atoms with Gasteiger partial charge in [0.2, 0.25) is 11.8 Å². The summed E-state index contributed by atoms with van der Waals surface area (Å²) in [6.45, 7) is 8.95. The van der Waals surface area contributed by atoms with E-state index in [9.17, 15) is 14.7 Å². The summed E-state index contributed by atoms with van der Waals surface area (Å²) in [5.74, 6) is 0.692. The number of piperidine rings is 1. The lowest BCUT2D eigenvalue weighted by atomic mass is 9.78. The van der Waals surface area contributed by atoms with E-state index in [0.717, 1.165) is 62.3 Å². The predicted molar refractivity (Wildman–Crippen MR) is 149 cm³/mol. The van der Waals surface area contributed by atoms with Crippen molar-refractivity contribution >= 4 is 11.8 Å². The lowest BCUT2D eigenvalue weighted by Crippen LogP contribution is -2.75. The van der Waals surface area contributed by atoms with Crippen molar-refractivity contribution in [3.8, 4) is 5.82 Å². The maximum absolute atomic E-state index is 13.9. The van der Waals surface area contributed by atoms with Gasteiger partial charge in [-0.2, -0.15) is 5.10 Å². The highest BCUT2D eigenvalue weighted by atomic mass is 16.3. The van der Waals surface area contributed by atoms with Gasteiger partial charge < -0.3 is 15.3 Å². The Kier molecular flexibility index (Phi) is 8.38. The first-order chi connectivity index (χ1) is 18.9. The van der Waals surface area contributed by atoms with E-state index < -0.39 is 17.7 Å². The maximum Gasteiger partial charge on any atom is 0.248 e. The van der Waals surface area contributed by atoms with Gasteiger partial charge in [0.05, 0.1) is 11.8 Å². The molecule has 2 saturated heterocycles. The first-order valence-corrected chi connectivity index (χ1v) is 14.8. The van der Waals surface area contributed by atoms with Gasteiger partial charge in [0.1, 0.15) is 11.6 Å². The molecule has 3 fully saturated rings. The molecule has 5 rings (SSSR count). The van der Waals surface area contributed by atoms with Crippen molar-refractivity contribution in [1.82, 2.24) is 29.9 Å². The number of aryl methyl sites for hydroxylation is 1. The number of hydrogen-bond acceptors (Lipinski definition) is 6. The number of piperazine rings is 1. The number of pyridine rings is 1. The van der Waals surface area contributed by atoms with Crippen LogP contribution in [0.25, 0.3) is 5.82 Å². The zero-order chi connectivity index (χ0) is 27.6. The number of nitrogens with zero attached hydrogens (tertiary/aromatic N) is 5. The molecule has 2 aromatic rings. The van der Waals surface area contributed by atoms with Crippen LogP contribution in [0.1, 0.15) is 81.7 Å². The Morgan fingerprint density at radius 3 is 2.54 bits per heavy atom. The summed E-state index contributed by atoms with van der Waals surface area (Å²) >= 11 is 0. The predicted octanol–water partition coefficient (Wildman–Crippen LogP) is 3.29. The minimum Gasteiger partial charge on any atom is -0.390 e. The topological polar surface area (TPSA) is 104 Å². The van der Waals surface area contributed by atoms with E-state index in [1.165, 1.54) is 12.0 Å². The third kappa shape index (κ3) is 5.35. The highest BCUT2D eigenvalue weighted by Crippen LogP contribution is 2.36. The second kappa shape index (κ2) is 11.8. The van der Waals surface area contributed by atoms with Crippen LogP contribution in [-0.4, -0.2) is 78.8 Å². The van der Waals surface area contributed by atoms with Gasteiger partial charge in [-0.15, -0.1) is 0 Å². The number of unbranched alkanes of at least 4 members (excludes halogenated alkanes) is 1. The number of carbonyl (C=O) groups excluding carboxylic acids is 2. The Balaban J connectivity index is 1.30. The largest absolute Gasteiger partial charge is 0.390 e. The molecular weight excluding hydrogens is 492 g/mol. The molecule has 0 radical (unpaired) electrons. The molecule has 9 heteroatoms. The highest BCUT2D eigenvalue weighted by molar-refractivity contribution is 6.00. The normalized spacial score (nSPS) is 23.3. The molecule has 0 unspecified atom stereocenters. The number of aromatic nitrogens is 3. The second-order valence-electron chi connectivity index (χ2n) is 11.7. The number of nitrogens with one attached hydrogen (secondary N) is 1. The maximum atomic E-state index is 13.9. The monoisotopic (exact) mass is 536 g/mol. The van der Waals surface area contributed by atoms with Gasteiger partial charge in [0.25, 0.3) is 0 Å². The summed E-state index contributed by atoms with van der Waals surface area (Å²) < 4.78 is 1.90. The van der Waals surface area contributed by atoms with Gasteiger partial charge in [-0.25, -0.2) is 9.67 Å². The van der Waals surface area contributed by atoms with E-state index >= 15 is 0 Å². The molecule has 2 aromatic heterocycles. The Morgan fingerprint density at radius 2 is 1.87 bits per heavy atom. The van der Waals surface area contributed by atoms with E-state index in [1.807, 2.05) is 34.7 Å². The van der Waals surface area contributed by atoms with Crippen LogP contribution in [0.3, 0.4) is 0 Å². The van der Waals surface area contributed by atoms with Crippen molar-refractivity contribution in [1.29, 1.82) is 0 Å². The van der Waals surface area contributed by atoms with Crippen LogP contribution in [0.4, 0.5) is 0 Å². The SMILES string of the molecule is CCCCN1C(=O)[C@@H]([C@H](O)C2CCCCC2)NC(=O)C12CCN(Cc1c(C)nn(-c3ccccn3)c1C)CC2. The van der Waals surface area contributed by atoms with Gasteiger partial charge in [-0.3, -0.25) is 14.5 Å². The number of carbonyl (C=O) groups is 2. The Hall–Kier alpha value is -2.78. The molecule has 2 N–H and O–H groups in total. The van der Waals surface area contributed by atoms with Crippen LogP contribution in [0, 0.1) is 19.8 Å². The molecule has 212 valence electrons. The lowest BCUT2D eigenvalue weighted by molar-refractivity contribution is -0.166. The summed E-state index contributed by atoms with van der Waals surface area (Å²) in [6.07, 6.45) is 9.12. The van der Waals surface area contributed by atoms with Crippen molar-refractivity contribution in [3.05, 3.63) is 41.3 Å². The van der Waals surface area contributed by atoms with Gasteiger partial charge in [-0.1, -0.05) is 38.7 Å². The fraction of sp³-hybridized carbons (Fsp3) is 0.667. The third-order valence-electron chi connectivity index (χ3n) is 9.34. The summed E-state index contributed by atoms with van der Waals surface area (Å²) in [5, 5.41) is 18.9. The first kappa shape index (κ1) is 27.8. The number of rotatable bonds is 8. The van der Waals surface area contributed by atoms with Crippen LogP contribution >= 0.6 is 0 Å². The summed E-state index contributed by atoms with van der Waals surface area (Å²) in [6, 6.07) is 4.98. The van der Waals surface area contributed by atoms with Crippen molar-refractivity contribution in [3.63, 3.8) is 0 Å². The highest BCUT2D eigenvalue weighted by Gasteiger charge is 2.55. The molecule has 0 bridgehead atoms. The van der Waals surface area contributed by atoms with Crippen LogP contribution < -0.4 is 5.32 Å². The Labute approximate surface area is 232 Å². The van der Waals surface area contributed by atoms with Crippen LogP contribution in [0.15, 0.2) is 24.4 Å². The number of hydrogen-bond donors (Lipinski definition) is 2. The molecule has 0 aromatic carbocycles. The van der Waals surface area contributed by atoms with Gasteiger partial charge in [0.15, 0.2) is 5.82 Å². The molecule has 2 aliphatic heterocycles. The average Bonchev–Trinajstić information content (AvgIpc) is 3.25. The molecule has 1 aliphatic carbocycles. The molecule has 9 nitrogen and oxygen atoms in total. The minimum atomic E-state index is -0.840. The van der Waals surface area contributed by atoms with Crippen LogP contribution in [-0.2, 0) is 16.1 Å². The number of likely N-dealkylation sites (tertiary alicyclic amines) is 1. The van der Waals surface area contributed by atoms with Gasteiger partial charge in [0, 0.05) is 43.6 Å². The van der Waals surface area contributed by atoms with E-state index in [2.05, 4.69) is 29.0 Å². The molecular formula is C30H44N6O3. The molecule has 39 heavy (non-hydrogen) atoms. The fourth-order valence-electron chi connectivity index (χ4n) is 6.87. The molecule has 4 heterocycles. The van der Waals surface area contributed by atoms with Crippen molar-refractivity contribution in [2.75, 3.05) is 19.6 Å². The Bertz CT molecular complexity index is 1150. The summed E-state index contributed by atoms with van der Waals surface area (Å²) in [7, 11) is 0. The van der Waals surface area contributed by atoms with Crippen LogP contribution in [0.2, 0.25) is 0 Å². The summed E-state index contributed by atoms with van der Waals surface area (Å²) in [4.78, 5) is 36.3. The van der Waals surface area contributed by atoms with E-state index in [0.29, 0.717) is 32.5 Å². The number of amides is 2. The molecule has 3 aliphatic rings. The zero-order valence-electron chi connectivity index (χ0n) is 23.7. The van der Waals surface area contributed by atoms with Crippen molar-refractivity contribution in [2.24, 2.45) is 5.92 Å². The van der Waals surface area contributed by atoms with Crippen molar-refractivity contribution < 1.29 is 14.7 Å². The molecule has 2 amide bonds. The number of aliphatic hydroxyl groups excluding tert-OH is 1. The third-order valence-corrected chi connectivity index (χ3v) is 9.34. The fourth-order valence-corrected chi connectivity index (χ4v) is 6.87. The van der Waals surface area contributed by atoms with Gasteiger partial charge in [-0.05, 0) is 64.0 Å². The molecule has 1 spiro atoms. The van der Waals surface area contributed by atoms with Crippen LogP contribution in [0.5, 0.6) is 0 Å². The molecule has 1 saturated carbocycles. The molecule has 2 atom stereocenters. The standard InChI is InChI=1S/C30H44N6O3/c1-4-5-17-35-28(38)26(27(37)23-11-7-6-8-12-23)32-29(39)30(35)14-18-34(19-15-30)20-24-21(2)33-36(22(24)3)25-13-9-10-16-31-25/h9-10,13,16,23,26-27,37H,4-8,11-12,14-15,17-20H2,1-3H3,(H,32,39)/t26-,27-/m1/s1. The Morgan fingerprint density at radius 1 is 1.13 bits per heavy atom.